The van der Waals surface area contributed by atoms with Gasteiger partial charge in [0.15, 0.2) is 6.10 Å². The number of fused-ring (bicyclic) bond motifs is 1. The second-order valence-electron chi connectivity index (χ2n) is 8.51. The highest BCUT2D eigenvalue weighted by Gasteiger charge is 2.35. The maximum absolute atomic E-state index is 13.0. The summed E-state index contributed by atoms with van der Waals surface area (Å²) in [5.74, 6) is 1.50. The van der Waals surface area contributed by atoms with Crippen molar-refractivity contribution in [1.82, 2.24) is 5.32 Å². The van der Waals surface area contributed by atoms with E-state index in [1.165, 1.54) is 0 Å². The van der Waals surface area contributed by atoms with Crippen LogP contribution in [0.2, 0.25) is 0 Å². The average Bonchev–Trinajstić information content (AvgIpc) is 2.58. The predicted molar refractivity (Wildman–Crippen MR) is 112 cm³/mol. The quantitative estimate of drug-likeness (QED) is 0.775. The molecule has 1 amide bonds. The average molecular weight is 382 g/mol. The van der Waals surface area contributed by atoms with E-state index in [0.717, 1.165) is 40.2 Å². The van der Waals surface area contributed by atoms with E-state index in [4.69, 9.17) is 9.47 Å². The minimum atomic E-state index is -0.527. The van der Waals surface area contributed by atoms with Crippen LogP contribution in [0.4, 0.5) is 0 Å². The van der Waals surface area contributed by atoms with E-state index in [1.807, 2.05) is 45.0 Å². The fourth-order valence-corrected chi connectivity index (χ4v) is 3.85. The second-order valence-corrected chi connectivity index (χ2v) is 8.51. The van der Waals surface area contributed by atoms with Crippen LogP contribution in [-0.4, -0.2) is 17.6 Å². The number of aryl methyl sites for hydroxylation is 3. The summed E-state index contributed by atoms with van der Waals surface area (Å²) in [6.07, 6.45) is 0.793. The number of hydrogen-bond donors (Lipinski definition) is 1. The molecule has 1 heterocycles. The van der Waals surface area contributed by atoms with Gasteiger partial charge in [-0.1, -0.05) is 30.7 Å². The van der Waals surface area contributed by atoms with Crippen molar-refractivity contribution in [3.63, 3.8) is 0 Å². The summed E-state index contributed by atoms with van der Waals surface area (Å²) >= 11 is 0. The van der Waals surface area contributed by atoms with Gasteiger partial charge in [0.1, 0.15) is 17.1 Å². The van der Waals surface area contributed by atoms with Crippen LogP contribution in [0.25, 0.3) is 0 Å². The van der Waals surface area contributed by atoms with Crippen molar-refractivity contribution in [1.29, 1.82) is 0 Å². The summed E-state index contributed by atoms with van der Waals surface area (Å²) in [5.41, 5.74) is 4.10. The van der Waals surface area contributed by atoms with Crippen molar-refractivity contribution in [3.8, 4) is 11.5 Å². The molecule has 3 rings (SSSR count). The highest BCUT2D eigenvalue weighted by Crippen LogP contribution is 2.40. The number of hydrogen-bond acceptors (Lipinski definition) is 3. The van der Waals surface area contributed by atoms with Gasteiger partial charge in [-0.05, 0) is 70.4 Å². The highest BCUT2D eigenvalue weighted by molar-refractivity contribution is 5.81. The first-order valence-corrected chi connectivity index (χ1v) is 10.0. The standard InChI is InChI=1S/C24H31NO3/c1-7-21(27-18-11-16(3)10-17(4)12-18)23(26)25-20-14-24(5,6)28-22-9-8-15(2)13-19(20)22/h8-13,20-21H,7,14H2,1-6H3,(H,25,26)/t20-,21-/m1/s1. The maximum atomic E-state index is 13.0. The van der Waals surface area contributed by atoms with Gasteiger partial charge in [-0.3, -0.25) is 4.79 Å². The number of benzene rings is 2. The SMILES string of the molecule is CC[C@@H](Oc1cc(C)cc(C)c1)C(=O)N[C@@H]1CC(C)(C)Oc2ccc(C)cc21. The number of ether oxygens (including phenoxy) is 2. The molecule has 0 spiro atoms. The minimum Gasteiger partial charge on any atom is -0.487 e. The van der Waals surface area contributed by atoms with Gasteiger partial charge in [0, 0.05) is 12.0 Å². The Labute approximate surface area is 168 Å². The van der Waals surface area contributed by atoms with Crippen LogP contribution in [-0.2, 0) is 4.79 Å². The number of carbonyl (C=O) groups excluding carboxylic acids is 1. The topological polar surface area (TPSA) is 47.6 Å². The summed E-state index contributed by atoms with van der Waals surface area (Å²) in [7, 11) is 0. The molecule has 0 unspecified atom stereocenters. The smallest absolute Gasteiger partial charge is 0.261 e. The van der Waals surface area contributed by atoms with Gasteiger partial charge in [0.25, 0.3) is 5.91 Å². The lowest BCUT2D eigenvalue weighted by molar-refractivity contribution is -0.129. The lowest BCUT2D eigenvalue weighted by atomic mass is 9.88. The van der Waals surface area contributed by atoms with Gasteiger partial charge in [0.05, 0.1) is 6.04 Å². The molecule has 2 atom stereocenters. The van der Waals surface area contributed by atoms with Crippen molar-refractivity contribution in [2.24, 2.45) is 0 Å². The molecule has 0 bridgehead atoms. The van der Waals surface area contributed by atoms with Crippen LogP contribution in [0.15, 0.2) is 36.4 Å². The molecule has 1 N–H and O–H groups in total. The van der Waals surface area contributed by atoms with Crippen LogP contribution >= 0.6 is 0 Å². The monoisotopic (exact) mass is 381 g/mol. The number of amides is 1. The molecule has 0 radical (unpaired) electrons. The first kappa shape index (κ1) is 20.2. The van der Waals surface area contributed by atoms with Crippen LogP contribution in [0.1, 0.15) is 61.9 Å². The zero-order valence-corrected chi connectivity index (χ0v) is 17.8. The molecule has 0 saturated heterocycles. The normalized spacial score (nSPS) is 18.6. The van der Waals surface area contributed by atoms with Crippen molar-refractivity contribution >= 4 is 5.91 Å². The van der Waals surface area contributed by atoms with Crippen LogP contribution in [0.3, 0.4) is 0 Å². The van der Waals surface area contributed by atoms with E-state index >= 15 is 0 Å². The van der Waals surface area contributed by atoms with E-state index in [2.05, 4.69) is 38.2 Å². The molecule has 0 fully saturated rings. The Morgan fingerprint density at radius 3 is 2.46 bits per heavy atom. The molecule has 0 saturated carbocycles. The Morgan fingerprint density at radius 2 is 1.82 bits per heavy atom. The fourth-order valence-electron chi connectivity index (χ4n) is 3.85. The Kier molecular flexibility index (Phi) is 5.69. The molecule has 4 nitrogen and oxygen atoms in total. The molecule has 0 aromatic heterocycles. The fraction of sp³-hybridized carbons (Fsp3) is 0.458. The Balaban J connectivity index is 1.79. The van der Waals surface area contributed by atoms with Crippen LogP contribution < -0.4 is 14.8 Å². The third kappa shape index (κ3) is 4.67. The first-order valence-electron chi connectivity index (χ1n) is 10.0. The maximum Gasteiger partial charge on any atom is 0.261 e. The van der Waals surface area contributed by atoms with E-state index in [-0.39, 0.29) is 17.6 Å². The number of nitrogens with one attached hydrogen (secondary N) is 1. The molecule has 0 aliphatic carbocycles. The van der Waals surface area contributed by atoms with Gasteiger partial charge in [0.2, 0.25) is 0 Å². The van der Waals surface area contributed by atoms with Gasteiger partial charge in [-0.2, -0.15) is 0 Å². The van der Waals surface area contributed by atoms with Gasteiger partial charge < -0.3 is 14.8 Å². The first-order chi connectivity index (χ1) is 13.2. The second kappa shape index (κ2) is 7.86. The van der Waals surface area contributed by atoms with Gasteiger partial charge in [-0.15, -0.1) is 0 Å². The number of rotatable bonds is 5. The third-order valence-corrected chi connectivity index (χ3v) is 5.08. The Morgan fingerprint density at radius 1 is 1.14 bits per heavy atom. The summed E-state index contributed by atoms with van der Waals surface area (Å²) in [4.78, 5) is 13.0. The van der Waals surface area contributed by atoms with Crippen LogP contribution in [0, 0.1) is 20.8 Å². The lowest BCUT2D eigenvalue weighted by Crippen LogP contribution is -2.45. The van der Waals surface area contributed by atoms with E-state index in [1.54, 1.807) is 0 Å². The molecule has 28 heavy (non-hydrogen) atoms. The molecule has 1 aliphatic rings. The Hall–Kier alpha value is -2.49. The van der Waals surface area contributed by atoms with Crippen molar-refractivity contribution in [2.45, 2.75) is 72.1 Å². The summed E-state index contributed by atoms with van der Waals surface area (Å²) in [6.45, 7) is 12.2. The minimum absolute atomic E-state index is 0.0863. The zero-order valence-electron chi connectivity index (χ0n) is 17.8. The van der Waals surface area contributed by atoms with E-state index < -0.39 is 6.10 Å². The molecule has 2 aromatic carbocycles. The molecular formula is C24H31NO3. The van der Waals surface area contributed by atoms with Crippen molar-refractivity contribution in [2.75, 3.05) is 0 Å². The molecular weight excluding hydrogens is 350 g/mol. The predicted octanol–water partition coefficient (Wildman–Crippen LogP) is 5.19. The van der Waals surface area contributed by atoms with Crippen molar-refractivity contribution in [3.05, 3.63) is 58.7 Å². The van der Waals surface area contributed by atoms with E-state index in [9.17, 15) is 4.79 Å². The van der Waals surface area contributed by atoms with Crippen LogP contribution in [0.5, 0.6) is 11.5 Å². The summed E-state index contributed by atoms with van der Waals surface area (Å²) in [6, 6.07) is 12.1. The van der Waals surface area contributed by atoms with E-state index in [0.29, 0.717) is 6.42 Å². The molecule has 4 heteroatoms. The van der Waals surface area contributed by atoms with Gasteiger partial charge in [-0.25, -0.2) is 0 Å². The molecule has 2 aromatic rings. The van der Waals surface area contributed by atoms with Gasteiger partial charge >= 0.3 is 0 Å². The Bertz CT molecular complexity index is 852. The molecule has 1 aliphatic heterocycles. The summed E-state index contributed by atoms with van der Waals surface area (Å²) in [5, 5.41) is 3.21. The molecule has 150 valence electrons. The highest BCUT2D eigenvalue weighted by atomic mass is 16.5. The van der Waals surface area contributed by atoms with Crippen molar-refractivity contribution < 1.29 is 14.3 Å². The third-order valence-electron chi connectivity index (χ3n) is 5.08. The lowest BCUT2D eigenvalue weighted by Gasteiger charge is -2.38. The summed E-state index contributed by atoms with van der Waals surface area (Å²) < 4.78 is 12.2. The number of carbonyl (C=O) groups is 1. The largest absolute Gasteiger partial charge is 0.487 e. The zero-order chi connectivity index (χ0) is 20.5.